The summed E-state index contributed by atoms with van der Waals surface area (Å²) in [5.74, 6) is -0.213. The van der Waals surface area contributed by atoms with E-state index in [1.165, 1.54) is 6.07 Å². The van der Waals surface area contributed by atoms with E-state index in [-0.39, 0.29) is 23.1 Å². The van der Waals surface area contributed by atoms with Gasteiger partial charge in [0.05, 0.1) is 5.69 Å². The minimum Gasteiger partial charge on any atom is -0.352 e. The van der Waals surface area contributed by atoms with Gasteiger partial charge in [-0.05, 0) is 35.2 Å². The molecule has 2 aromatic heterocycles. The molecule has 136 valence electrons. The summed E-state index contributed by atoms with van der Waals surface area (Å²) >= 11 is 1.14. The van der Waals surface area contributed by atoms with E-state index in [4.69, 9.17) is 0 Å². The zero-order chi connectivity index (χ0) is 18.4. The number of nitrogens with zero attached hydrogens (tertiary/aromatic N) is 2. The van der Waals surface area contributed by atoms with Crippen LogP contribution >= 0.6 is 11.3 Å². The summed E-state index contributed by atoms with van der Waals surface area (Å²) in [6.07, 6.45) is 3.64. The molecule has 1 amide bonds. The Balaban J connectivity index is 1.43. The van der Waals surface area contributed by atoms with Crippen molar-refractivity contribution in [1.29, 1.82) is 0 Å². The highest BCUT2D eigenvalue weighted by Crippen LogP contribution is 2.15. The lowest BCUT2D eigenvalue weighted by Crippen LogP contribution is -2.30. The fraction of sp³-hybridized carbons (Fsp3) is 0.176. The normalized spacial score (nSPS) is 11.4. The average molecular weight is 390 g/mol. The SMILES string of the molecule is O=C(CCNS(=O)(=O)c1cccs1)NCc1ccc(-n2cccn2)cc1. The average Bonchev–Trinajstić information content (AvgIpc) is 3.34. The van der Waals surface area contributed by atoms with Crippen LogP contribution in [-0.4, -0.2) is 30.7 Å². The molecule has 3 rings (SSSR count). The topological polar surface area (TPSA) is 93.1 Å². The van der Waals surface area contributed by atoms with Crippen LogP contribution in [-0.2, 0) is 21.4 Å². The van der Waals surface area contributed by atoms with Gasteiger partial charge in [-0.25, -0.2) is 17.8 Å². The van der Waals surface area contributed by atoms with Crippen molar-refractivity contribution >= 4 is 27.3 Å². The van der Waals surface area contributed by atoms with Crippen molar-refractivity contribution in [2.45, 2.75) is 17.2 Å². The van der Waals surface area contributed by atoms with Gasteiger partial charge in [-0.2, -0.15) is 5.10 Å². The minimum absolute atomic E-state index is 0.0598. The minimum atomic E-state index is -3.53. The summed E-state index contributed by atoms with van der Waals surface area (Å²) in [5, 5.41) is 8.63. The van der Waals surface area contributed by atoms with Gasteiger partial charge in [-0.3, -0.25) is 4.79 Å². The van der Waals surface area contributed by atoms with E-state index in [2.05, 4.69) is 15.1 Å². The molecule has 0 aliphatic heterocycles. The van der Waals surface area contributed by atoms with Crippen LogP contribution in [0.4, 0.5) is 0 Å². The smallest absolute Gasteiger partial charge is 0.250 e. The summed E-state index contributed by atoms with van der Waals surface area (Å²) in [6, 6.07) is 12.7. The second-order valence-electron chi connectivity index (χ2n) is 5.47. The second-order valence-corrected chi connectivity index (χ2v) is 8.42. The molecule has 0 saturated heterocycles. The number of benzene rings is 1. The summed E-state index contributed by atoms with van der Waals surface area (Å²) in [6.45, 7) is 0.445. The highest BCUT2D eigenvalue weighted by atomic mass is 32.2. The van der Waals surface area contributed by atoms with E-state index in [1.54, 1.807) is 22.3 Å². The zero-order valence-corrected chi connectivity index (χ0v) is 15.5. The monoisotopic (exact) mass is 390 g/mol. The first-order valence-corrected chi connectivity index (χ1v) is 10.3. The third-order valence-corrected chi connectivity index (χ3v) is 6.46. The van der Waals surface area contributed by atoms with Crippen molar-refractivity contribution in [3.63, 3.8) is 0 Å². The number of hydrogen-bond donors (Lipinski definition) is 2. The molecule has 2 N–H and O–H groups in total. The van der Waals surface area contributed by atoms with Crippen LogP contribution in [0.15, 0.2) is 64.4 Å². The van der Waals surface area contributed by atoms with Gasteiger partial charge in [0, 0.05) is 31.9 Å². The van der Waals surface area contributed by atoms with Crippen LogP contribution < -0.4 is 10.0 Å². The predicted molar refractivity (Wildman–Crippen MR) is 99.5 cm³/mol. The van der Waals surface area contributed by atoms with Gasteiger partial charge in [-0.1, -0.05) is 18.2 Å². The molecule has 9 heteroatoms. The molecule has 7 nitrogen and oxygen atoms in total. The van der Waals surface area contributed by atoms with Crippen LogP contribution in [0.5, 0.6) is 0 Å². The van der Waals surface area contributed by atoms with Crippen molar-refractivity contribution in [3.8, 4) is 5.69 Å². The number of hydrogen-bond acceptors (Lipinski definition) is 5. The second kappa shape index (κ2) is 8.26. The van der Waals surface area contributed by atoms with E-state index >= 15 is 0 Å². The van der Waals surface area contributed by atoms with Gasteiger partial charge in [0.25, 0.3) is 0 Å². The molecular formula is C17H18N4O3S2. The first-order valence-electron chi connectivity index (χ1n) is 7.93. The molecule has 0 fully saturated rings. The Morgan fingerprint density at radius 1 is 1.15 bits per heavy atom. The maximum absolute atomic E-state index is 11.9. The molecule has 0 bridgehead atoms. The highest BCUT2D eigenvalue weighted by molar-refractivity contribution is 7.91. The quantitative estimate of drug-likeness (QED) is 0.615. The van der Waals surface area contributed by atoms with Crippen LogP contribution in [0.3, 0.4) is 0 Å². The number of carbonyl (C=O) groups excluding carboxylic acids is 1. The third-order valence-electron chi connectivity index (χ3n) is 3.60. The molecule has 0 aliphatic rings. The van der Waals surface area contributed by atoms with Gasteiger partial charge in [0.1, 0.15) is 4.21 Å². The van der Waals surface area contributed by atoms with Gasteiger partial charge < -0.3 is 5.32 Å². The standard InChI is InChI=1S/C17H18N4O3S2/c22-16(8-10-20-26(23,24)17-3-1-12-25-17)18-13-14-4-6-15(7-5-14)21-11-2-9-19-21/h1-7,9,11-12,20H,8,10,13H2,(H,18,22). The maximum atomic E-state index is 11.9. The first kappa shape index (κ1) is 18.3. The summed E-state index contributed by atoms with van der Waals surface area (Å²) in [4.78, 5) is 11.9. The van der Waals surface area contributed by atoms with E-state index < -0.39 is 10.0 Å². The van der Waals surface area contributed by atoms with E-state index in [0.717, 1.165) is 22.6 Å². The zero-order valence-electron chi connectivity index (χ0n) is 13.8. The van der Waals surface area contributed by atoms with Gasteiger partial charge in [0.15, 0.2) is 0 Å². The fourth-order valence-electron chi connectivity index (χ4n) is 2.26. The Labute approximate surface area is 155 Å². The molecule has 3 aromatic rings. The Kier molecular flexibility index (Phi) is 5.82. The number of sulfonamides is 1. The van der Waals surface area contributed by atoms with Crippen LogP contribution in [0.2, 0.25) is 0 Å². The van der Waals surface area contributed by atoms with Crippen molar-refractivity contribution in [2.24, 2.45) is 0 Å². The largest absolute Gasteiger partial charge is 0.352 e. The van der Waals surface area contributed by atoms with E-state index in [9.17, 15) is 13.2 Å². The maximum Gasteiger partial charge on any atom is 0.250 e. The lowest BCUT2D eigenvalue weighted by Gasteiger charge is -2.08. The Morgan fingerprint density at radius 2 is 1.96 bits per heavy atom. The van der Waals surface area contributed by atoms with Crippen LogP contribution in [0, 0.1) is 0 Å². The summed E-state index contributed by atoms with van der Waals surface area (Å²) < 4.78 is 28.3. The van der Waals surface area contributed by atoms with E-state index in [0.29, 0.717) is 6.54 Å². The van der Waals surface area contributed by atoms with Crippen LogP contribution in [0.25, 0.3) is 5.69 Å². The first-order chi connectivity index (χ1) is 12.5. The lowest BCUT2D eigenvalue weighted by atomic mass is 10.2. The number of amides is 1. The van der Waals surface area contributed by atoms with Crippen molar-refractivity contribution in [2.75, 3.05) is 6.54 Å². The lowest BCUT2D eigenvalue weighted by molar-refractivity contribution is -0.121. The molecule has 0 unspecified atom stereocenters. The molecule has 2 heterocycles. The molecule has 0 aliphatic carbocycles. The highest BCUT2D eigenvalue weighted by Gasteiger charge is 2.14. The summed E-state index contributed by atoms with van der Waals surface area (Å²) in [7, 11) is -3.53. The number of carbonyl (C=O) groups is 1. The third kappa shape index (κ3) is 4.78. The number of thiophene rings is 1. The predicted octanol–water partition coefficient (Wildman–Crippen LogP) is 1.92. The fourth-order valence-corrected chi connectivity index (χ4v) is 4.33. The molecule has 0 saturated carbocycles. The molecule has 0 atom stereocenters. The van der Waals surface area contributed by atoms with Crippen molar-refractivity contribution in [3.05, 3.63) is 65.8 Å². The molecular weight excluding hydrogens is 372 g/mol. The van der Waals surface area contributed by atoms with Crippen molar-refractivity contribution in [1.82, 2.24) is 19.8 Å². The van der Waals surface area contributed by atoms with Gasteiger partial charge in [-0.15, -0.1) is 11.3 Å². The number of aromatic nitrogens is 2. The van der Waals surface area contributed by atoms with Gasteiger partial charge >= 0.3 is 0 Å². The molecule has 0 spiro atoms. The molecule has 0 radical (unpaired) electrons. The van der Waals surface area contributed by atoms with Crippen molar-refractivity contribution < 1.29 is 13.2 Å². The Hall–Kier alpha value is -2.49. The van der Waals surface area contributed by atoms with Gasteiger partial charge in [0.2, 0.25) is 15.9 Å². The van der Waals surface area contributed by atoms with Crippen LogP contribution in [0.1, 0.15) is 12.0 Å². The molecule has 26 heavy (non-hydrogen) atoms. The number of rotatable bonds is 8. The molecule has 1 aromatic carbocycles. The number of nitrogens with one attached hydrogen (secondary N) is 2. The Morgan fingerprint density at radius 3 is 2.62 bits per heavy atom. The summed E-state index contributed by atoms with van der Waals surface area (Å²) in [5.41, 5.74) is 1.89. The van der Waals surface area contributed by atoms with E-state index in [1.807, 2.05) is 36.5 Å². The Bertz CT molecular complexity index is 935.